The van der Waals surface area contributed by atoms with E-state index in [0.29, 0.717) is 11.8 Å². The van der Waals surface area contributed by atoms with Gasteiger partial charge in [0.05, 0.1) is 19.3 Å². The fraction of sp³-hybridized carbons (Fsp3) is 0.833. The van der Waals surface area contributed by atoms with Gasteiger partial charge in [0.15, 0.2) is 0 Å². The van der Waals surface area contributed by atoms with Crippen LogP contribution in [-0.2, 0) is 4.74 Å². The van der Waals surface area contributed by atoms with Crippen molar-refractivity contribution < 1.29 is 9.84 Å². The van der Waals surface area contributed by atoms with Crippen LogP contribution in [0.4, 0.5) is 0 Å². The molecule has 0 aromatic carbocycles. The van der Waals surface area contributed by atoms with Gasteiger partial charge in [0.25, 0.3) is 0 Å². The van der Waals surface area contributed by atoms with Crippen molar-refractivity contribution in [2.75, 3.05) is 13.2 Å². The monoisotopic (exact) mass is 192 g/mol. The highest BCUT2D eigenvalue weighted by Gasteiger charge is 2.59. The van der Waals surface area contributed by atoms with Crippen LogP contribution in [0.25, 0.3) is 0 Å². The Morgan fingerprint density at radius 3 is 2.50 bits per heavy atom. The summed E-state index contributed by atoms with van der Waals surface area (Å²) in [5.74, 6) is 4.21. The molecule has 0 aromatic rings. The summed E-state index contributed by atoms with van der Waals surface area (Å²) in [6, 6.07) is 0. The summed E-state index contributed by atoms with van der Waals surface area (Å²) in [6.45, 7) is 1.90. The third kappa shape index (κ3) is 0.728. The highest BCUT2D eigenvalue weighted by Crippen LogP contribution is 2.60. The van der Waals surface area contributed by atoms with Gasteiger partial charge >= 0.3 is 0 Å². The van der Waals surface area contributed by atoms with Gasteiger partial charge in [-0.2, -0.15) is 0 Å². The molecule has 5 aliphatic rings. The van der Waals surface area contributed by atoms with Crippen molar-refractivity contribution in [2.24, 2.45) is 35.5 Å². The van der Waals surface area contributed by atoms with E-state index in [1.54, 1.807) is 0 Å². The molecular weight excluding hydrogens is 176 g/mol. The molecule has 3 fully saturated rings. The summed E-state index contributed by atoms with van der Waals surface area (Å²) in [5.41, 5.74) is 0. The van der Waals surface area contributed by atoms with Gasteiger partial charge in [0, 0.05) is 0 Å². The molecule has 2 bridgehead atoms. The second kappa shape index (κ2) is 2.42. The van der Waals surface area contributed by atoms with Crippen molar-refractivity contribution in [3.63, 3.8) is 0 Å². The molecule has 7 atom stereocenters. The molecule has 2 saturated carbocycles. The Morgan fingerprint density at radius 1 is 1.00 bits per heavy atom. The van der Waals surface area contributed by atoms with E-state index in [9.17, 15) is 5.11 Å². The molecule has 2 nitrogen and oxygen atoms in total. The number of aliphatic hydroxyl groups is 1. The van der Waals surface area contributed by atoms with Gasteiger partial charge in [-0.15, -0.1) is 0 Å². The topological polar surface area (TPSA) is 29.5 Å². The quantitative estimate of drug-likeness (QED) is 0.582. The van der Waals surface area contributed by atoms with Crippen LogP contribution in [0.5, 0.6) is 0 Å². The third-order valence-corrected chi connectivity index (χ3v) is 5.11. The predicted molar refractivity (Wildman–Crippen MR) is 51.5 cm³/mol. The van der Waals surface area contributed by atoms with Crippen LogP contribution in [0, 0.1) is 35.5 Å². The highest BCUT2D eigenvalue weighted by atomic mass is 16.5. The molecule has 4 aliphatic carbocycles. The third-order valence-electron chi connectivity index (χ3n) is 5.11. The van der Waals surface area contributed by atoms with Gasteiger partial charge in [-0.3, -0.25) is 0 Å². The van der Waals surface area contributed by atoms with Gasteiger partial charge in [-0.05, 0) is 41.9 Å². The van der Waals surface area contributed by atoms with Crippen LogP contribution >= 0.6 is 0 Å². The van der Waals surface area contributed by atoms with Crippen molar-refractivity contribution in [3.8, 4) is 0 Å². The van der Waals surface area contributed by atoms with Crippen LogP contribution in [0.15, 0.2) is 12.2 Å². The van der Waals surface area contributed by atoms with Crippen LogP contribution in [-0.4, -0.2) is 24.4 Å². The number of hydrogen-bond acceptors (Lipinski definition) is 2. The van der Waals surface area contributed by atoms with Gasteiger partial charge in [0.1, 0.15) is 0 Å². The summed E-state index contributed by atoms with van der Waals surface area (Å²) < 4.78 is 5.61. The molecule has 0 aromatic heterocycles. The Hall–Kier alpha value is -0.340. The Balaban J connectivity index is 1.76. The van der Waals surface area contributed by atoms with E-state index in [1.165, 1.54) is 0 Å². The summed E-state index contributed by atoms with van der Waals surface area (Å²) in [5, 5.41) is 9.81. The first-order valence-electron chi connectivity index (χ1n) is 5.80. The standard InChI is InChI=1S/C12H16O2/c13-11-3-8-6-1-2-7(12(8)11)10-5-14-4-9(6)10/h1-2,6-13H,3-5H2/t6-,7+,8?,9-,10+,11-,12?/m0/s1. The van der Waals surface area contributed by atoms with E-state index in [1.807, 2.05) is 0 Å². The molecule has 1 N–H and O–H groups in total. The average Bonchev–Trinajstić information content (AvgIpc) is 2.65. The van der Waals surface area contributed by atoms with E-state index in [0.717, 1.165) is 43.3 Å². The minimum absolute atomic E-state index is 0.0148. The minimum atomic E-state index is -0.0148. The molecule has 0 spiro atoms. The lowest BCUT2D eigenvalue weighted by molar-refractivity contribution is -0.132. The summed E-state index contributed by atoms with van der Waals surface area (Å²) in [6.07, 6.45) is 5.80. The van der Waals surface area contributed by atoms with Crippen molar-refractivity contribution in [1.82, 2.24) is 0 Å². The summed E-state index contributed by atoms with van der Waals surface area (Å²) in [4.78, 5) is 0. The first-order valence-corrected chi connectivity index (χ1v) is 5.80. The first kappa shape index (κ1) is 7.89. The van der Waals surface area contributed by atoms with E-state index < -0.39 is 0 Å². The SMILES string of the molecule is O[C@H]1CC2C1[C@@H]1C=C[C@@H]2[C@@H]2COC[C@@H]21. The molecule has 5 rings (SSSR count). The fourth-order valence-corrected chi connectivity index (χ4v) is 4.43. The maximum Gasteiger partial charge on any atom is 0.0580 e. The van der Waals surface area contributed by atoms with E-state index in [2.05, 4.69) is 12.2 Å². The van der Waals surface area contributed by atoms with Crippen molar-refractivity contribution in [1.29, 1.82) is 0 Å². The number of ether oxygens (including phenoxy) is 1. The molecular formula is C12H16O2. The van der Waals surface area contributed by atoms with Crippen molar-refractivity contribution in [3.05, 3.63) is 12.2 Å². The maximum absolute atomic E-state index is 9.81. The molecule has 1 heterocycles. The van der Waals surface area contributed by atoms with Crippen LogP contribution in [0.1, 0.15) is 6.42 Å². The van der Waals surface area contributed by atoms with E-state index >= 15 is 0 Å². The van der Waals surface area contributed by atoms with Gasteiger partial charge in [-0.25, -0.2) is 0 Å². The molecule has 2 unspecified atom stereocenters. The molecule has 0 radical (unpaired) electrons. The van der Waals surface area contributed by atoms with Crippen LogP contribution in [0.3, 0.4) is 0 Å². The van der Waals surface area contributed by atoms with Gasteiger partial charge in [0.2, 0.25) is 0 Å². The van der Waals surface area contributed by atoms with Crippen LogP contribution in [0.2, 0.25) is 0 Å². The zero-order valence-electron chi connectivity index (χ0n) is 8.17. The minimum Gasteiger partial charge on any atom is -0.393 e. The van der Waals surface area contributed by atoms with Gasteiger partial charge in [-0.1, -0.05) is 12.2 Å². The molecule has 76 valence electrons. The second-order valence-corrected chi connectivity index (χ2v) is 5.45. The smallest absolute Gasteiger partial charge is 0.0580 e. The number of aliphatic hydroxyl groups excluding tert-OH is 1. The molecule has 1 saturated heterocycles. The molecule has 2 heteroatoms. The molecule has 14 heavy (non-hydrogen) atoms. The van der Waals surface area contributed by atoms with Crippen LogP contribution < -0.4 is 0 Å². The Kier molecular flexibility index (Phi) is 1.36. The number of rotatable bonds is 0. The van der Waals surface area contributed by atoms with E-state index in [-0.39, 0.29) is 6.10 Å². The normalized spacial score (nSPS) is 63.4. The van der Waals surface area contributed by atoms with E-state index in [4.69, 9.17) is 4.74 Å². The first-order chi connectivity index (χ1) is 6.86. The van der Waals surface area contributed by atoms with Gasteiger partial charge < -0.3 is 9.84 Å². The largest absolute Gasteiger partial charge is 0.393 e. The highest BCUT2D eigenvalue weighted by molar-refractivity contribution is 5.20. The lowest BCUT2D eigenvalue weighted by Gasteiger charge is -2.59. The van der Waals surface area contributed by atoms with Crippen molar-refractivity contribution in [2.45, 2.75) is 12.5 Å². The lowest BCUT2D eigenvalue weighted by Crippen LogP contribution is -2.58. The summed E-state index contributed by atoms with van der Waals surface area (Å²) in [7, 11) is 0. The summed E-state index contributed by atoms with van der Waals surface area (Å²) >= 11 is 0. The average molecular weight is 192 g/mol. The second-order valence-electron chi connectivity index (χ2n) is 5.45. The maximum atomic E-state index is 9.81. The zero-order chi connectivity index (χ0) is 9.28. The zero-order valence-corrected chi connectivity index (χ0v) is 8.17. The number of hydrogen-bond donors (Lipinski definition) is 1. The molecule has 0 amide bonds. The molecule has 1 aliphatic heterocycles. The Labute approximate surface area is 83.9 Å². The van der Waals surface area contributed by atoms with Crippen molar-refractivity contribution >= 4 is 0 Å². The number of allylic oxidation sites excluding steroid dienone is 2. The predicted octanol–water partition coefficient (Wildman–Crippen LogP) is 1.06. The fourth-order valence-electron chi connectivity index (χ4n) is 4.43. The Morgan fingerprint density at radius 2 is 1.71 bits per heavy atom. The Bertz CT molecular complexity index is 297. The lowest BCUT2D eigenvalue weighted by atomic mass is 9.46.